The first-order chi connectivity index (χ1) is 7.90. The Morgan fingerprint density at radius 2 is 2.12 bits per heavy atom. The summed E-state index contributed by atoms with van der Waals surface area (Å²) in [5, 5.41) is 3.19. The van der Waals surface area contributed by atoms with E-state index in [9.17, 15) is 0 Å². The molecule has 0 amide bonds. The van der Waals surface area contributed by atoms with Gasteiger partial charge >= 0.3 is 0 Å². The summed E-state index contributed by atoms with van der Waals surface area (Å²) in [5.41, 5.74) is 1.36. The van der Waals surface area contributed by atoms with E-state index in [-0.39, 0.29) is 0 Å². The summed E-state index contributed by atoms with van der Waals surface area (Å²) in [4.78, 5) is 2.46. The van der Waals surface area contributed by atoms with Crippen LogP contribution in [0.1, 0.15) is 5.69 Å². The lowest BCUT2D eigenvalue weighted by molar-refractivity contribution is 0.0363. The quantitative estimate of drug-likeness (QED) is 0.790. The van der Waals surface area contributed by atoms with Gasteiger partial charge in [0.05, 0.1) is 13.2 Å². The average molecular weight is 223 g/mol. The number of nitrogens with zero attached hydrogens (tertiary/aromatic N) is 2. The minimum absolute atomic E-state index is 0.884. The monoisotopic (exact) mass is 223 g/mol. The second kappa shape index (κ2) is 6.03. The molecular weight excluding hydrogens is 202 g/mol. The second-order valence-corrected chi connectivity index (χ2v) is 4.18. The van der Waals surface area contributed by atoms with Crippen molar-refractivity contribution in [2.75, 3.05) is 39.9 Å². The van der Waals surface area contributed by atoms with E-state index < -0.39 is 0 Å². The van der Waals surface area contributed by atoms with Gasteiger partial charge in [-0.15, -0.1) is 0 Å². The van der Waals surface area contributed by atoms with Crippen LogP contribution in [-0.4, -0.2) is 49.4 Å². The Morgan fingerprint density at radius 1 is 1.31 bits per heavy atom. The lowest BCUT2D eigenvalue weighted by Crippen LogP contribution is -2.38. The third kappa shape index (κ3) is 3.07. The molecule has 1 aliphatic rings. The zero-order chi connectivity index (χ0) is 11.2. The molecule has 0 atom stereocenters. The molecule has 2 heterocycles. The van der Waals surface area contributed by atoms with Crippen LogP contribution < -0.4 is 5.32 Å². The van der Waals surface area contributed by atoms with E-state index in [0.29, 0.717) is 0 Å². The van der Waals surface area contributed by atoms with Crippen molar-refractivity contribution < 1.29 is 4.74 Å². The number of hydrogen-bond acceptors (Lipinski definition) is 3. The maximum atomic E-state index is 5.34. The van der Waals surface area contributed by atoms with Crippen molar-refractivity contribution in [3.8, 4) is 0 Å². The smallest absolute Gasteiger partial charge is 0.0594 e. The van der Waals surface area contributed by atoms with Crippen LogP contribution in [0.4, 0.5) is 0 Å². The van der Waals surface area contributed by atoms with Crippen molar-refractivity contribution >= 4 is 0 Å². The van der Waals surface area contributed by atoms with E-state index in [1.807, 2.05) is 7.05 Å². The predicted molar refractivity (Wildman–Crippen MR) is 64.5 cm³/mol. The standard InChI is InChI=1S/C12H21N3O/c1-13-11-12-3-2-4-15(12)6-5-14-7-9-16-10-8-14/h2-4,13H,5-11H2,1H3. The fourth-order valence-electron chi connectivity index (χ4n) is 2.08. The zero-order valence-corrected chi connectivity index (χ0v) is 9.98. The van der Waals surface area contributed by atoms with Crippen LogP contribution in [0, 0.1) is 0 Å². The molecule has 4 heteroatoms. The first-order valence-corrected chi connectivity index (χ1v) is 5.99. The van der Waals surface area contributed by atoms with Gasteiger partial charge in [-0.2, -0.15) is 0 Å². The molecule has 0 aromatic carbocycles. The molecule has 16 heavy (non-hydrogen) atoms. The lowest BCUT2D eigenvalue weighted by Gasteiger charge is -2.26. The summed E-state index contributed by atoms with van der Waals surface area (Å²) in [6.45, 7) is 7.05. The highest BCUT2D eigenvalue weighted by molar-refractivity contribution is 5.06. The van der Waals surface area contributed by atoms with Crippen LogP contribution in [0.5, 0.6) is 0 Å². The van der Waals surface area contributed by atoms with Gasteiger partial charge in [0.2, 0.25) is 0 Å². The normalized spacial score (nSPS) is 17.8. The van der Waals surface area contributed by atoms with E-state index in [0.717, 1.165) is 45.9 Å². The third-order valence-electron chi connectivity index (χ3n) is 3.04. The van der Waals surface area contributed by atoms with Crippen molar-refractivity contribution in [1.82, 2.24) is 14.8 Å². The molecule has 90 valence electrons. The molecule has 1 saturated heterocycles. The Morgan fingerprint density at radius 3 is 2.88 bits per heavy atom. The first kappa shape index (κ1) is 11.6. The largest absolute Gasteiger partial charge is 0.379 e. The minimum atomic E-state index is 0.884. The molecule has 0 unspecified atom stereocenters. The molecule has 2 rings (SSSR count). The number of hydrogen-bond donors (Lipinski definition) is 1. The molecule has 1 aromatic rings. The van der Waals surface area contributed by atoms with Gasteiger partial charge in [-0.3, -0.25) is 4.90 Å². The summed E-state index contributed by atoms with van der Waals surface area (Å²) in [5.74, 6) is 0. The highest BCUT2D eigenvalue weighted by atomic mass is 16.5. The van der Waals surface area contributed by atoms with Gasteiger partial charge < -0.3 is 14.6 Å². The average Bonchev–Trinajstić information content (AvgIpc) is 2.76. The van der Waals surface area contributed by atoms with Gasteiger partial charge in [0.15, 0.2) is 0 Å². The van der Waals surface area contributed by atoms with E-state index >= 15 is 0 Å². The van der Waals surface area contributed by atoms with Gasteiger partial charge in [0.1, 0.15) is 0 Å². The van der Waals surface area contributed by atoms with E-state index in [4.69, 9.17) is 4.74 Å². The van der Waals surface area contributed by atoms with Crippen LogP contribution in [0.15, 0.2) is 18.3 Å². The highest BCUT2D eigenvalue weighted by Gasteiger charge is 2.10. The van der Waals surface area contributed by atoms with Crippen molar-refractivity contribution in [2.45, 2.75) is 13.1 Å². The molecule has 0 aliphatic carbocycles. The third-order valence-corrected chi connectivity index (χ3v) is 3.04. The van der Waals surface area contributed by atoms with Crippen LogP contribution in [0.2, 0.25) is 0 Å². The minimum Gasteiger partial charge on any atom is -0.379 e. The van der Waals surface area contributed by atoms with Gasteiger partial charge in [-0.1, -0.05) is 0 Å². The molecule has 1 N–H and O–H groups in total. The molecule has 1 aromatic heterocycles. The molecule has 1 aliphatic heterocycles. The zero-order valence-electron chi connectivity index (χ0n) is 9.98. The number of aromatic nitrogens is 1. The van der Waals surface area contributed by atoms with Gasteiger partial charge in [0.25, 0.3) is 0 Å². The predicted octanol–water partition coefficient (Wildman–Crippen LogP) is 0.540. The van der Waals surface area contributed by atoms with E-state index in [1.54, 1.807) is 0 Å². The lowest BCUT2D eigenvalue weighted by atomic mass is 10.4. The van der Waals surface area contributed by atoms with Crippen molar-refractivity contribution in [3.63, 3.8) is 0 Å². The summed E-state index contributed by atoms with van der Waals surface area (Å²) in [6, 6.07) is 4.29. The Bertz CT molecular complexity index is 305. The molecule has 0 radical (unpaired) electrons. The SMILES string of the molecule is CNCc1cccn1CCN1CCOCC1. The second-order valence-electron chi connectivity index (χ2n) is 4.18. The molecule has 0 spiro atoms. The number of morpholine rings is 1. The van der Waals surface area contributed by atoms with Crippen LogP contribution >= 0.6 is 0 Å². The first-order valence-electron chi connectivity index (χ1n) is 5.99. The van der Waals surface area contributed by atoms with Gasteiger partial charge in [0, 0.05) is 44.6 Å². The molecule has 0 saturated carbocycles. The molecule has 1 fully saturated rings. The maximum Gasteiger partial charge on any atom is 0.0594 e. The van der Waals surface area contributed by atoms with Crippen LogP contribution in [0.25, 0.3) is 0 Å². The Labute approximate surface area is 97.2 Å². The number of rotatable bonds is 5. The molecule has 0 bridgehead atoms. The van der Waals surface area contributed by atoms with E-state index in [2.05, 4.69) is 33.1 Å². The van der Waals surface area contributed by atoms with E-state index in [1.165, 1.54) is 5.69 Å². The summed E-state index contributed by atoms with van der Waals surface area (Å²) >= 11 is 0. The molecule has 4 nitrogen and oxygen atoms in total. The Balaban J connectivity index is 1.81. The fourth-order valence-corrected chi connectivity index (χ4v) is 2.08. The maximum absolute atomic E-state index is 5.34. The Hall–Kier alpha value is -0.840. The number of ether oxygens (including phenoxy) is 1. The summed E-state index contributed by atoms with van der Waals surface area (Å²) in [7, 11) is 1.99. The summed E-state index contributed by atoms with van der Waals surface area (Å²) in [6.07, 6.45) is 2.16. The van der Waals surface area contributed by atoms with Crippen LogP contribution in [-0.2, 0) is 17.8 Å². The van der Waals surface area contributed by atoms with Crippen molar-refractivity contribution in [2.24, 2.45) is 0 Å². The van der Waals surface area contributed by atoms with Gasteiger partial charge in [-0.25, -0.2) is 0 Å². The van der Waals surface area contributed by atoms with Gasteiger partial charge in [-0.05, 0) is 19.2 Å². The fraction of sp³-hybridized carbons (Fsp3) is 0.667. The van der Waals surface area contributed by atoms with Crippen LogP contribution in [0.3, 0.4) is 0 Å². The summed E-state index contributed by atoms with van der Waals surface area (Å²) < 4.78 is 7.67. The number of nitrogens with one attached hydrogen (secondary N) is 1. The highest BCUT2D eigenvalue weighted by Crippen LogP contribution is 2.03. The Kier molecular flexibility index (Phi) is 4.39. The van der Waals surface area contributed by atoms with Crippen molar-refractivity contribution in [3.05, 3.63) is 24.0 Å². The van der Waals surface area contributed by atoms with Crippen molar-refractivity contribution in [1.29, 1.82) is 0 Å². The molecular formula is C12H21N3O. The topological polar surface area (TPSA) is 29.4 Å².